The van der Waals surface area contributed by atoms with Crippen molar-refractivity contribution >= 4 is 17.8 Å². The van der Waals surface area contributed by atoms with Gasteiger partial charge >= 0.3 is 5.97 Å². The van der Waals surface area contributed by atoms with E-state index < -0.39 is 22.9 Å². The predicted octanol–water partition coefficient (Wildman–Crippen LogP) is 1.08. The van der Waals surface area contributed by atoms with Crippen molar-refractivity contribution in [2.45, 2.75) is 44.6 Å². The van der Waals surface area contributed by atoms with Crippen LogP contribution >= 0.6 is 0 Å². The fraction of sp³-hybridized carbons (Fsp3) is 0.615. The number of ether oxygens (including phenoxy) is 1. The number of carbonyl (C=O) groups is 3. The Kier molecular flexibility index (Phi) is 3.00. The highest BCUT2D eigenvalue weighted by molar-refractivity contribution is 6.12. The first-order valence-corrected chi connectivity index (χ1v) is 6.24. The summed E-state index contributed by atoms with van der Waals surface area (Å²) in [5, 5.41) is 2.33. The molecule has 0 aromatic heterocycles. The molecule has 0 bridgehead atoms. The van der Waals surface area contributed by atoms with Gasteiger partial charge < -0.3 is 4.74 Å². The van der Waals surface area contributed by atoms with Gasteiger partial charge in [0.25, 0.3) is 5.91 Å². The fourth-order valence-electron chi connectivity index (χ4n) is 3.22. The van der Waals surface area contributed by atoms with E-state index in [2.05, 4.69) is 11.9 Å². The van der Waals surface area contributed by atoms with Crippen LogP contribution in [0.25, 0.3) is 0 Å². The molecular weight excluding hydrogens is 234 g/mol. The minimum Gasteiger partial charge on any atom is -0.445 e. The van der Waals surface area contributed by atoms with Crippen LogP contribution in [0.4, 0.5) is 0 Å². The first-order valence-electron chi connectivity index (χ1n) is 6.24. The molecule has 2 amide bonds. The van der Waals surface area contributed by atoms with Crippen molar-refractivity contribution in [2.75, 3.05) is 0 Å². The third-order valence-electron chi connectivity index (χ3n) is 4.23. The zero-order valence-corrected chi connectivity index (χ0v) is 10.5. The number of nitrogens with one attached hydrogen (secondary N) is 1. The zero-order chi connectivity index (χ0) is 13.4. The molecule has 2 fully saturated rings. The highest BCUT2D eigenvalue weighted by atomic mass is 16.6. The lowest BCUT2D eigenvalue weighted by molar-refractivity contribution is -0.181. The smallest absolute Gasteiger partial charge is 0.331 e. The summed E-state index contributed by atoms with van der Waals surface area (Å²) in [5.74, 6) is -1.45. The average Bonchev–Trinajstić information content (AvgIpc) is 2.59. The Morgan fingerprint density at radius 2 is 2.06 bits per heavy atom. The van der Waals surface area contributed by atoms with Crippen molar-refractivity contribution in [1.82, 2.24) is 5.32 Å². The summed E-state index contributed by atoms with van der Waals surface area (Å²) in [5.41, 5.74) is -2.23. The zero-order valence-electron chi connectivity index (χ0n) is 10.5. The maximum atomic E-state index is 12.1. The Morgan fingerprint density at radius 3 is 2.67 bits per heavy atom. The highest BCUT2D eigenvalue weighted by Gasteiger charge is 2.68. The minimum atomic E-state index is -1.33. The van der Waals surface area contributed by atoms with Crippen molar-refractivity contribution in [3.05, 3.63) is 12.7 Å². The van der Waals surface area contributed by atoms with Crippen LogP contribution < -0.4 is 5.32 Å². The quantitative estimate of drug-likeness (QED) is 0.463. The van der Waals surface area contributed by atoms with Gasteiger partial charge in [-0.15, -0.1) is 0 Å². The summed E-state index contributed by atoms with van der Waals surface area (Å²) in [6, 6.07) is 0. The Labute approximate surface area is 106 Å². The van der Waals surface area contributed by atoms with Crippen LogP contribution in [0.15, 0.2) is 12.7 Å². The molecule has 0 aromatic rings. The van der Waals surface area contributed by atoms with Gasteiger partial charge in [0.05, 0.1) is 5.41 Å². The van der Waals surface area contributed by atoms with Gasteiger partial charge in [0.15, 0.2) is 0 Å². The molecular formula is C13H17NO4. The molecule has 2 atom stereocenters. The van der Waals surface area contributed by atoms with Gasteiger partial charge in [-0.3, -0.25) is 14.9 Å². The molecule has 0 aromatic carbocycles. The molecule has 1 saturated carbocycles. The number of esters is 1. The van der Waals surface area contributed by atoms with E-state index in [0.717, 1.165) is 18.9 Å². The minimum absolute atomic E-state index is 0.313. The van der Waals surface area contributed by atoms with Gasteiger partial charge in [-0.1, -0.05) is 19.9 Å². The first kappa shape index (κ1) is 12.8. The molecule has 2 aliphatic rings. The second kappa shape index (κ2) is 4.23. The van der Waals surface area contributed by atoms with Gasteiger partial charge in [-0.25, -0.2) is 4.79 Å². The molecule has 1 N–H and O–H groups in total. The maximum absolute atomic E-state index is 12.1. The molecule has 1 saturated heterocycles. The Bertz CT molecular complexity index is 431. The normalized spacial score (nSPS) is 34.7. The van der Waals surface area contributed by atoms with E-state index >= 15 is 0 Å². The number of rotatable bonds is 3. The van der Waals surface area contributed by atoms with Crippen LogP contribution in [0.5, 0.6) is 0 Å². The first-order chi connectivity index (χ1) is 8.52. The Morgan fingerprint density at radius 1 is 1.39 bits per heavy atom. The van der Waals surface area contributed by atoms with Gasteiger partial charge in [0, 0.05) is 6.08 Å². The number of hydrogen-bond donors (Lipinski definition) is 1. The number of hydrogen-bond acceptors (Lipinski definition) is 4. The van der Waals surface area contributed by atoms with Crippen molar-refractivity contribution in [1.29, 1.82) is 0 Å². The van der Waals surface area contributed by atoms with E-state index in [-0.39, 0.29) is 5.91 Å². The third-order valence-corrected chi connectivity index (χ3v) is 4.23. The molecule has 1 heterocycles. The van der Waals surface area contributed by atoms with Crippen molar-refractivity contribution in [3.63, 3.8) is 0 Å². The van der Waals surface area contributed by atoms with Crippen molar-refractivity contribution in [2.24, 2.45) is 5.41 Å². The van der Waals surface area contributed by atoms with Crippen LogP contribution in [0.3, 0.4) is 0 Å². The van der Waals surface area contributed by atoms with Crippen molar-refractivity contribution < 1.29 is 19.1 Å². The van der Waals surface area contributed by atoms with Gasteiger partial charge in [-0.05, 0) is 25.7 Å². The molecule has 98 valence electrons. The van der Waals surface area contributed by atoms with Gasteiger partial charge in [0.1, 0.15) is 0 Å². The summed E-state index contributed by atoms with van der Waals surface area (Å²) in [6.45, 7) is 5.19. The van der Waals surface area contributed by atoms with Crippen LogP contribution in [0, 0.1) is 5.41 Å². The molecule has 2 unspecified atom stereocenters. The molecule has 5 heteroatoms. The molecule has 0 radical (unpaired) electrons. The van der Waals surface area contributed by atoms with Crippen LogP contribution in [0.1, 0.15) is 39.0 Å². The number of carbonyl (C=O) groups excluding carboxylic acids is 3. The third kappa shape index (κ3) is 1.43. The van der Waals surface area contributed by atoms with E-state index in [0.29, 0.717) is 19.3 Å². The molecule has 0 spiro atoms. The summed E-state index contributed by atoms with van der Waals surface area (Å²) in [6.07, 6.45) is 4.12. The van der Waals surface area contributed by atoms with E-state index in [4.69, 9.17) is 4.74 Å². The van der Waals surface area contributed by atoms with E-state index in [1.165, 1.54) is 0 Å². The van der Waals surface area contributed by atoms with Crippen LogP contribution in [-0.4, -0.2) is 23.4 Å². The lowest BCUT2D eigenvalue weighted by Gasteiger charge is -2.43. The largest absolute Gasteiger partial charge is 0.445 e. The molecule has 2 rings (SSSR count). The predicted molar refractivity (Wildman–Crippen MR) is 63.4 cm³/mol. The van der Waals surface area contributed by atoms with Crippen LogP contribution in [-0.2, 0) is 19.1 Å². The number of fused-ring (bicyclic) bond motifs is 1. The SMILES string of the molecule is C=CC(=O)OC12CCCCC1(CC)C(=O)NC2=O. The highest BCUT2D eigenvalue weighted by Crippen LogP contribution is 2.52. The van der Waals surface area contributed by atoms with E-state index in [1.54, 1.807) is 0 Å². The monoisotopic (exact) mass is 251 g/mol. The van der Waals surface area contributed by atoms with Crippen LogP contribution in [0.2, 0.25) is 0 Å². The molecule has 5 nitrogen and oxygen atoms in total. The summed E-state index contributed by atoms with van der Waals surface area (Å²) in [4.78, 5) is 35.7. The fourth-order valence-corrected chi connectivity index (χ4v) is 3.22. The van der Waals surface area contributed by atoms with Gasteiger partial charge in [-0.2, -0.15) is 0 Å². The molecule has 1 aliphatic heterocycles. The molecule has 18 heavy (non-hydrogen) atoms. The van der Waals surface area contributed by atoms with E-state index in [1.807, 2.05) is 6.92 Å². The topological polar surface area (TPSA) is 72.5 Å². The summed E-state index contributed by atoms with van der Waals surface area (Å²) < 4.78 is 5.34. The molecule has 1 aliphatic carbocycles. The lowest BCUT2D eigenvalue weighted by atomic mass is 9.63. The van der Waals surface area contributed by atoms with E-state index in [9.17, 15) is 14.4 Å². The lowest BCUT2D eigenvalue weighted by Crippen LogP contribution is -2.55. The Balaban J connectivity index is 2.48. The maximum Gasteiger partial charge on any atom is 0.331 e. The standard InChI is InChI=1S/C13H17NO4/c1-3-9(15)18-13-8-6-5-7-12(13,4-2)10(16)14-11(13)17/h3H,1,4-8H2,2H3,(H,14,16,17). The average molecular weight is 251 g/mol. The van der Waals surface area contributed by atoms with Gasteiger partial charge in [0.2, 0.25) is 11.5 Å². The van der Waals surface area contributed by atoms with Crippen molar-refractivity contribution in [3.8, 4) is 0 Å². The Hall–Kier alpha value is -1.65. The summed E-state index contributed by atoms with van der Waals surface area (Å²) >= 11 is 0. The second-order valence-corrected chi connectivity index (χ2v) is 4.88. The summed E-state index contributed by atoms with van der Waals surface area (Å²) in [7, 11) is 0. The number of imide groups is 1. The second-order valence-electron chi connectivity index (χ2n) is 4.88. The number of amides is 2.